The summed E-state index contributed by atoms with van der Waals surface area (Å²) in [5.74, 6) is 0. The van der Waals surface area contributed by atoms with Crippen LogP contribution in [0.3, 0.4) is 0 Å². The first-order chi connectivity index (χ1) is 10.2. The zero-order chi connectivity index (χ0) is 17.9. The van der Waals surface area contributed by atoms with Crippen molar-refractivity contribution in [1.29, 1.82) is 0 Å². The fourth-order valence-corrected chi connectivity index (χ4v) is 8.14. The van der Waals surface area contributed by atoms with Gasteiger partial charge in [-0.3, -0.25) is 0 Å². The average molecular weight is 353 g/mol. The molecular weight excluding hydrogens is 312 g/mol. The second-order valence-electron chi connectivity index (χ2n) is 6.54. The number of unbranched alkanes of at least 4 members (excludes halogenated alkanes) is 1. The van der Waals surface area contributed by atoms with E-state index in [9.17, 15) is 0 Å². The molecule has 0 N–H and O–H groups in total. The number of hydrogen-bond acceptors (Lipinski definition) is 4. The van der Waals surface area contributed by atoms with E-state index in [0.29, 0.717) is 0 Å². The second-order valence-corrected chi connectivity index (χ2v) is 14.9. The first kappa shape index (κ1) is 24.5. The summed E-state index contributed by atoms with van der Waals surface area (Å²) in [4.78, 5) is 0. The molecule has 0 atom stereocenters. The maximum absolute atomic E-state index is 5.52. The predicted molar refractivity (Wildman–Crippen MR) is 99.9 cm³/mol. The SMILES string of the molecule is CCCC[Si](CC)(OC)OC.CC[Si](OC)(OC)C(C)(C)C. The monoisotopic (exact) mass is 352 g/mol. The lowest BCUT2D eigenvalue weighted by atomic mass is 10.2. The van der Waals surface area contributed by atoms with E-state index in [4.69, 9.17) is 17.7 Å². The third kappa shape index (κ3) is 7.23. The second kappa shape index (κ2) is 11.8. The molecule has 0 heterocycles. The van der Waals surface area contributed by atoms with Gasteiger partial charge in [0.1, 0.15) is 0 Å². The smallest absolute Gasteiger partial charge is 0.342 e. The zero-order valence-corrected chi connectivity index (χ0v) is 18.7. The van der Waals surface area contributed by atoms with E-state index >= 15 is 0 Å². The fourth-order valence-electron chi connectivity index (χ4n) is 2.71. The van der Waals surface area contributed by atoms with Gasteiger partial charge in [-0.15, -0.1) is 0 Å². The molecule has 0 aromatic rings. The Labute approximate surface area is 141 Å². The van der Waals surface area contributed by atoms with Gasteiger partial charge >= 0.3 is 17.1 Å². The van der Waals surface area contributed by atoms with Crippen molar-refractivity contribution < 1.29 is 17.7 Å². The van der Waals surface area contributed by atoms with Crippen LogP contribution in [-0.4, -0.2) is 45.6 Å². The Bertz CT molecular complexity index is 243. The molecule has 0 aliphatic carbocycles. The van der Waals surface area contributed by atoms with Gasteiger partial charge in [-0.2, -0.15) is 0 Å². The van der Waals surface area contributed by atoms with E-state index in [1.54, 1.807) is 28.4 Å². The fraction of sp³-hybridized carbons (Fsp3) is 1.00. The van der Waals surface area contributed by atoms with E-state index in [2.05, 4.69) is 41.5 Å². The molecule has 0 saturated carbocycles. The van der Waals surface area contributed by atoms with Crippen molar-refractivity contribution in [3.63, 3.8) is 0 Å². The molecule has 4 nitrogen and oxygen atoms in total. The van der Waals surface area contributed by atoms with E-state index in [1.165, 1.54) is 12.8 Å². The first-order valence-electron chi connectivity index (χ1n) is 8.38. The van der Waals surface area contributed by atoms with Crippen molar-refractivity contribution in [2.45, 2.75) is 77.6 Å². The normalized spacial score (nSPS) is 12.8. The van der Waals surface area contributed by atoms with Gasteiger partial charge in [0.05, 0.1) is 0 Å². The standard InChI is InChI=1S/2C8H20O2Si/c1-7-11(9-5,10-6)8(2,3)4;1-5-7-8-11(6-2,9-3)10-4/h7H2,1-6H3;5-8H2,1-4H3. The van der Waals surface area contributed by atoms with Gasteiger partial charge in [0.25, 0.3) is 0 Å². The van der Waals surface area contributed by atoms with Crippen molar-refractivity contribution >= 4 is 17.1 Å². The van der Waals surface area contributed by atoms with Gasteiger partial charge in [0.15, 0.2) is 0 Å². The molecule has 0 aliphatic rings. The van der Waals surface area contributed by atoms with Crippen LogP contribution in [0.5, 0.6) is 0 Å². The Morgan fingerprint density at radius 1 is 0.727 bits per heavy atom. The maximum atomic E-state index is 5.52. The van der Waals surface area contributed by atoms with Crippen LogP contribution in [0.1, 0.15) is 54.4 Å². The molecule has 0 bridgehead atoms. The quantitative estimate of drug-likeness (QED) is 0.542. The van der Waals surface area contributed by atoms with Crippen molar-refractivity contribution in [3.8, 4) is 0 Å². The van der Waals surface area contributed by atoms with Gasteiger partial charge in [0, 0.05) is 33.5 Å². The third-order valence-electron chi connectivity index (χ3n) is 4.46. The highest BCUT2D eigenvalue weighted by Gasteiger charge is 2.46. The Balaban J connectivity index is 0. The lowest BCUT2D eigenvalue weighted by Gasteiger charge is -2.37. The lowest BCUT2D eigenvalue weighted by molar-refractivity contribution is 0.215. The molecular formula is C16H40O4Si2. The van der Waals surface area contributed by atoms with Gasteiger partial charge < -0.3 is 17.7 Å². The van der Waals surface area contributed by atoms with Crippen molar-refractivity contribution in [2.75, 3.05) is 28.4 Å². The van der Waals surface area contributed by atoms with Gasteiger partial charge in [-0.05, 0) is 18.1 Å². The maximum Gasteiger partial charge on any atom is 0.342 e. The van der Waals surface area contributed by atoms with E-state index in [-0.39, 0.29) is 5.04 Å². The largest absolute Gasteiger partial charge is 0.398 e. The molecule has 6 heteroatoms. The minimum absolute atomic E-state index is 0.158. The van der Waals surface area contributed by atoms with Gasteiger partial charge in [0.2, 0.25) is 0 Å². The molecule has 0 rings (SSSR count). The number of rotatable bonds is 9. The highest BCUT2D eigenvalue weighted by Crippen LogP contribution is 2.39. The Morgan fingerprint density at radius 2 is 1.18 bits per heavy atom. The molecule has 0 unspecified atom stereocenters. The Kier molecular flexibility index (Phi) is 13.1. The van der Waals surface area contributed by atoms with Crippen molar-refractivity contribution in [1.82, 2.24) is 0 Å². The highest BCUT2D eigenvalue weighted by atomic mass is 28.4. The summed E-state index contributed by atoms with van der Waals surface area (Å²) in [6.45, 7) is 13.0. The summed E-state index contributed by atoms with van der Waals surface area (Å²) in [5, 5.41) is 0.158. The first-order valence-corrected chi connectivity index (χ1v) is 12.6. The average Bonchev–Trinajstić information content (AvgIpc) is 2.51. The van der Waals surface area contributed by atoms with Gasteiger partial charge in [-0.25, -0.2) is 0 Å². The molecule has 0 fully saturated rings. The van der Waals surface area contributed by atoms with Crippen molar-refractivity contribution in [2.24, 2.45) is 0 Å². The Hall–Kier alpha value is 0.274. The van der Waals surface area contributed by atoms with Crippen LogP contribution in [0.4, 0.5) is 0 Å². The lowest BCUT2D eigenvalue weighted by Crippen LogP contribution is -2.48. The number of hydrogen-bond donors (Lipinski definition) is 0. The molecule has 0 radical (unpaired) electrons. The van der Waals surface area contributed by atoms with Gasteiger partial charge in [-0.1, -0.05) is 54.4 Å². The predicted octanol–water partition coefficient (Wildman–Crippen LogP) is 5.08. The molecule has 0 spiro atoms. The summed E-state index contributed by atoms with van der Waals surface area (Å²) in [6, 6.07) is 3.19. The molecule has 0 saturated heterocycles. The van der Waals surface area contributed by atoms with Crippen LogP contribution in [0.25, 0.3) is 0 Å². The molecule has 0 aromatic carbocycles. The minimum Gasteiger partial charge on any atom is -0.398 e. The van der Waals surface area contributed by atoms with E-state index < -0.39 is 17.1 Å². The summed E-state index contributed by atoms with van der Waals surface area (Å²) < 4.78 is 21.9. The minimum atomic E-state index is -1.92. The summed E-state index contributed by atoms with van der Waals surface area (Å²) >= 11 is 0. The summed E-state index contributed by atoms with van der Waals surface area (Å²) in [7, 11) is 3.40. The van der Waals surface area contributed by atoms with Crippen LogP contribution in [0, 0.1) is 0 Å². The van der Waals surface area contributed by atoms with Crippen LogP contribution in [0.2, 0.25) is 23.2 Å². The van der Waals surface area contributed by atoms with Crippen LogP contribution >= 0.6 is 0 Å². The van der Waals surface area contributed by atoms with Crippen molar-refractivity contribution in [3.05, 3.63) is 0 Å². The van der Waals surface area contributed by atoms with Crippen LogP contribution in [0.15, 0.2) is 0 Å². The summed E-state index contributed by atoms with van der Waals surface area (Å²) in [5.41, 5.74) is 0. The van der Waals surface area contributed by atoms with E-state index in [1.807, 2.05) is 0 Å². The molecule has 0 amide bonds. The zero-order valence-electron chi connectivity index (χ0n) is 16.7. The molecule has 0 aliphatic heterocycles. The highest BCUT2D eigenvalue weighted by molar-refractivity contribution is 6.70. The van der Waals surface area contributed by atoms with E-state index in [0.717, 1.165) is 18.1 Å². The van der Waals surface area contributed by atoms with Crippen LogP contribution < -0.4 is 0 Å². The molecule has 22 heavy (non-hydrogen) atoms. The molecule has 136 valence electrons. The topological polar surface area (TPSA) is 36.9 Å². The third-order valence-corrected chi connectivity index (χ3v) is 12.7. The summed E-state index contributed by atoms with van der Waals surface area (Å²) in [6.07, 6.45) is 2.45. The van der Waals surface area contributed by atoms with Crippen LogP contribution in [-0.2, 0) is 17.7 Å². The Morgan fingerprint density at radius 3 is 1.32 bits per heavy atom. The molecule has 0 aromatic heterocycles.